The van der Waals surface area contributed by atoms with Gasteiger partial charge in [-0.1, -0.05) is 24.8 Å². The van der Waals surface area contributed by atoms with Gasteiger partial charge in [0, 0.05) is 13.0 Å². The van der Waals surface area contributed by atoms with Crippen LogP contribution in [-0.4, -0.2) is 28.5 Å². The zero-order chi connectivity index (χ0) is 11.9. The summed E-state index contributed by atoms with van der Waals surface area (Å²) in [5, 5.41) is 11.7. The molecule has 17 heavy (non-hydrogen) atoms. The summed E-state index contributed by atoms with van der Waals surface area (Å²) >= 11 is 0. The fourth-order valence-electron chi connectivity index (χ4n) is 2.78. The molecule has 2 aliphatic heterocycles. The van der Waals surface area contributed by atoms with Gasteiger partial charge < -0.3 is 5.11 Å². The van der Waals surface area contributed by atoms with Gasteiger partial charge in [0.1, 0.15) is 0 Å². The Morgan fingerprint density at radius 3 is 3.24 bits per heavy atom. The smallest absolute Gasteiger partial charge is 0.188 e. The lowest BCUT2D eigenvalue weighted by atomic mass is 9.89. The zero-order valence-electron chi connectivity index (χ0n) is 10.1. The third-order valence-corrected chi connectivity index (χ3v) is 3.85. The maximum atomic E-state index is 9.75. The highest BCUT2D eigenvalue weighted by molar-refractivity contribution is 5.32. The summed E-state index contributed by atoms with van der Waals surface area (Å²) < 4.78 is 0. The Kier molecular flexibility index (Phi) is 2.69. The van der Waals surface area contributed by atoms with Crippen molar-refractivity contribution in [2.24, 2.45) is 0 Å². The van der Waals surface area contributed by atoms with E-state index in [4.69, 9.17) is 4.84 Å². The number of aliphatic hydroxyl groups excluding tert-OH is 1. The van der Waals surface area contributed by atoms with E-state index in [0.717, 1.165) is 37.8 Å². The van der Waals surface area contributed by atoms with E-state index in [0.29, 0.717) is 6.42 Å². The molecule has 0 amide bonds. The highest BCUT2D eigenvalue weighted by Crippen LogP contribution is 2.49. The third kappa shape index (κ3) is 1.99. The number of rotatable bonds is 3. The second-order valence-electron chi connectivity index (χ2n) is 5.16. The van der Waals surface area contributed by atoms with Crippen LogP contribution in [0.1, 0.15) is 32.1 Å². The summed E-state index contributed by atoms with van der Waals surface area (Å²) in [4.78, 5) is 5.66. The number of nitrogens with zero attached hydrogens (tertiary/aromatic N) is 1. The van der Waals surface area contributed by atoms with Gasteiger partial charge >= 0.3 is 0 Å². The van der Waals surface area contributed by atoms with Gasteiger partial charge in [0.25, 0.3) is 0 Å². The SMILES string of the molecule is C=C(CC1=CCCC=C1)C12CC(O)CCN1O2. The molecular formula is C14H19NO2. The lowest BCUT2D eigenvalue weighted by Crippen LogP contribution is -2.34. The summed E-state index contributed by atoms with van der Waals surface area (Å²) in [5.41, 5.74) is 2.05. The molecule has 0 spiro atoms. The average molecular weight is 233 g/mol. The van der Waals surface area contributed by atoms with Crippen LogP contribution in [-0.2, 0) is 4.84 Å². The van der Waals surface area contributed by atoms with Crippen LogP contribution in [0.4, 0.5) is 0 Å². The Morgan fingerprint density at radius 2 is 2.47 bits per heavy atom. The monoisotopic (exact) mass is 233 g/mol. The summed E-state index contributed by atoms with van der Waals surface area (Å²) in [6.45, 7) is 4.98. The summed E-state index contributed by atoms with van der Waals surface area (Å²) in [6.07, 6.45) is 11.0. The van der Waals surface area contributed by atoms with Crippen molar-refractivity contribution in [1.29, 1.82) is 0 Å². The Balaban J connectivity index is 1.67. The molecule has 0 radical (unpaired) electrons. The minimum atomic E-state index is -0.357. The molecule has 3 rings (SSSR count). The second kappa shape index (κ2) is 4.09. The van der Waals surface area contributed by atoms with Crippen molar-refractivity contribution in [3.05, 3.63) is 36.0 Å². The van der Waals surface area contributed by atoms with Crippen LogP contribution in [0, 0.1) is 0 Å². The number of fused-ring (bicyclic) bond motifs is 1. The molecule has 3 aliphatic rings. The molecule has 0 aromatic heterocycles. The van der Waals surface area contributed by atoms with Crippen molar-refractivity contribution < 1.29 is 9.94 Å². The quantitative estimate of drug-likeness (QED) is 0.600. The molecule has 3 nitrogen and oxygen atoms in total. The van der Waals surface area contributed by atoms with Crippen LogP contribution in [0.3, 0.4) is 0 Å². The van der Waals surface area contributed by atoms with Crippen molar-refractivity contribution in [3.63, 3.8) is 0 Å². The van der Waals surface area contributed by atoms with E-state index in [1.807, 2.05) is 5.06 Å². The summed E-state index contributed by atoms with van der Waals surface area (Å²) in [7, 11) is 0. The van der Waals surface area contributed by atoms with Crippen LogP contribution < -0.4 is 0 Å². The first kappa shape index (κ1) is 11.2. The van der Waals surface area contributed by atoms with Gasteiger partial charge in [0.05, 0.1) is 6.10 Å². The molecular weight excluding hydrogens is 214 g/mol. The minimum absolute atomic E-state index is 0.249. The van der Waals surface area contributed by atoms with Gasteiger partial charge in [-0.25, -0.2) is 0 Å². The lowest BCUT2D eigenvalue weighted by molar-refractivity contribution is 0.105. The van der Waals surface area contributed by atoms with Crippen LogP contribution >= 0.6 is 0 Å². The van der Waals surface area contributed by atoms with Crippen LogP contribution in [0.15, 0.2) is 36.0 Å². The summed E-state index contributed by atoms with van der Waals surface area (Å²) in [6, 6.07) is 0. The fraction of sp³-hybridized carbons (Fsp3) is 0.571. The van der Waals surface area contributed by atoms with E-state index in [-0.39, 0.29) is 11.8 Å². The number of hydrogen-bond acceptors (Lipinski definition) is 3. The van der Waals surface area contributed by atoms with Crippen molar-refractivity contribution in [2.75, 3.05) is 6.54 Å². The van der Waals surface area contributed by atoms with Crippen molar-refractivity contribution in [2.45, 2.75) is 43.9 Å². The van der Waals surface area contributed by atoms with Gasteiger partial charge in [0.2, 0.25) is 0 Å². The Labute approximate surface area is 102 Å². The first-order valence-corrected chi connectivity index (χ1v) is 6.39. The van der Waals surface area contributed by atoms with Gasteiger partial charge in [0.15, 0.2) is 5.72 Å². The first-order chi connectivity index (χ1) is 8.21. The van der Waals surface area contributed by atoms with Gasteiger partial charge in [-0.15, -0.1) is 5.06 Å². The van der Waals surface area contributed by atoms with E-state index in [1.54, 1.807) is 0 Å². The van der Waals surface area contributed by atoms with Gasteiger partial charge in [-0.2, -0.15) is 0 Å². The molecule has 1 N–H and O–H groups in total. The predicted octanol–water partition coefficient (Wildman–Crippen LogP) is 2.31. The highest BCUT2D eigenvalue weighted by atomic mass is 16.9. The van der Waals surface area contributed by atoms with E-state index in [2.05, 4.69) is 24.8 Å². The maximum Gasteiger partial charge on any atom is 0.188 e. The molecule has 0 aromatic rings. The Hall–Kier alpha value is -0.900. The summed E-state index contributed by atoms with van der Waals surface area (Å²) in [5.74, 6) is 0. The molecule has 1 aliphatic carbocycles. The van der Waals surface area contributed by atoms with Crippen LogP contribution in [0.25, 0.3) is 0 Å². The largest absolute Gasteiger partial charge is 0.393 e. The molecule has 3 atom stereocenters. The molecule has 3 unspecified atom stereocenters. The predicted molar refractivity (Wildman–Crippen MR) is 66.0 cm³/mol. The normalized spacial score (nSPS) is 39.5. The van der Waals surface area contributed by atoms with Crippen molar-refractivity contribution >= 4 is 0 Å². The van der Waals surface area contributed by atoms with Crippen molar-refractivity contribution in [1.82, 2.24) is 5.06 Å². The maximum absolute atomic E-state index is 9.75. The van der Waals surface area contributed by atoms with Gasteiger partial charge in [-0.3, -0.25) is 4.84 Å². The number of aliphatic hydroxyl groups is 1. The molecule has 0 saturated carbocycles. The Morgan fingerprint density at radius 1 is 1.59 bits per heavy atom. The fourth-order valence-corrected chi connectivity index (χ4v) is 2.78. The topological polar surface area (TPSA) is 35.8 Å². The number of allylic oxidation sites excluding steroid dienone is 4. The van der Waals surface area contributed by atoms with Gasteiger partial charge in [-0.05, 0) is 36.8 Å². The highest BCUT2D eigenvalue weighted by Gasteiger charge is 2.59. The molecule has 2 heterocycles. The minimum Gasteiger partial charge on any atom is -0.393 e. The average Bonchev–Trinajstić information content (AvgIpc) is 3.05. The Bertz CT molecular complexity index is 399. The molecule has 3 heteroatoms. The lowest BCUT2D eigenvalue weighted by Gasteiger charge is -2.23. The van der Waals surface area contributed by atoms with E-state index in [9.17, 15) is 5.11 Å². The molecule has 92 valence electrons. The zero-order valence-corrected chi connectivity index (χ0v) is 10.1. The van der Waals surface area contributed by atoms with E-state index < -0.39 is 0 Å². The number of hydroxylamine groups is 2. The third-order valence-electron chi connectivity index (χ3n) is 3.85. The van der Waals surface area contributed by atoms with E-state index in [1.165, 1.54) is 5.57 Å². The van der Waals surface area contributed by atoms with Crippen molar-refractivity contribution in [3.8, 4) is 0 Å². The number of hydrogen-bond donors (Lipinski definition) is 1. The number of piperidine rings is 1. The molecule has 2 fully saturated rings. The van der Waals surface area contributed by atoms with Crippen LogP contribution in [0.2, 0.25) is 0 Å². The second-order valence-corrected chi connectivity index (χ2v) is 5.16. The van der Waals surface area contributed by atoms with E-state index >= 15 is 0 Å². The van der Waals surface area contributed by atoms with Crippen LogP contribution in [0.5, 0.6) is 0 Å². The molecule has 0 aromatic carbocycles. The standard InChI is InChI=1S/C14H19NO2/c1-11(9-12-5-3-2-4-6-12)14-10-13(16)7-8-15(14)17-14/h3,5-6,13,16H,1-2,4,7-10H2. The molecule has 2 saturated heterocycles. The first-order valence-electron chi connectivity index (χ1n) is 6.39. The molecule has 0 bridgehead atoms.